The zero-order chi connectivity index (χ0) is 13.4. The van der Waals surface area contributed by atoms with E-state index in [1.807, 2.05) is 11.3 Å². The molecule has 0 spiro atoms. The van der Waals surface area contributed by atoms with Gasteiger partial charge in [-0.1, -0.05) is 6.92 Å². The summed E-state index contributed by atoms with van der Waals surface area (Å²) in [6.45, 7) is 10.9. The van der Waals surface area contributed by atoms with Crippen molar-refractivity contribution >= 4 is 11.3 Å². The molecule has 0 aliphatic carbocycles. The first-order valence-corrected chi connectivity index (χ1v) is 8.56. The first kappa shape index (κ1) is 13.6. The number of hydrogen-bond acceptors (Lipinski definition) is 3. The number of piperazine rings is 1. The van der Waals surface area contributed by atoms with E-state index in [2.05, 4.69) is 42.7 Å². The van der Waals surface area contributed by atoms with E-state index < -0.39 is 0 Å². The predicted molar refractivity (Wildman–Crippen MR) is 82.9 cm³/mol. The van der Waals surface area contributed by atoms with Crippen LogP contribution >= 0.6 is 11.3 Å². The molecule has 0 bridgehead atoms. The number of rotatable bonds is 3. The molecule has 2 nitrogen and oxygen atoms in total. The van der Waals surface area contributed by atoms with Crippen LogP contribution in [0.1, 0.15) is 48.9 Å². The van der Waals surface area contributed by atoms with E-state index in [-0.39, 0.29) is 0 Å². The van der Waals surface area contributed by atoms with E-state index in [0.717, 1.165) is 12.1 Å². The second kappa shape index (κ2) is 5.55. The molecule has 3 unspecified atom stereocenters. The van der Waals surface area contributed by atoms with Gasteiger partial charge in [0.2, 0.25) is 0 Å². The Labute approximate surface area is 121 Å². The lowest BCUT2D eigenvalue weighted by atomic mass is 10.0. The smallest absolute Gasteiger partial charge is 0.0417 e. The lowest BCUT2D eigenvalue weighted by Gasteiger charge is -2.46. The lowest BCUT2D eigenvalue weighted by molar-refractivity contribution is 0.0237. The molecule has 106 valence electrons. The second-order valence-corrected chi connectivity index (χ2v) is 7.49. The fraction of sp³-hybridized carbons (Fsp3) is 0.750. The van der Waals surface area contributed by atoms with Crippen molar-refractivity contribution in [2.75, 3.05) is 19.6 Å². The van der Waals surface area contributed by atoms with Gasteiger partial charge in [0.25, 0.3) is 0 Å². The molecule has 19 heavy (non-hydrogen) atoms. The van der Waals surface area contributed by atoms with Crippen molar-refractivity contribution < 1.29 is 0 Å². The molecule has 0 radical (unpaired) electrons. The molecule has 0 saturated carbocycles. The maximum atomic E-state index is 2.78. The van der Waals surface area contributed by atoms with Gasteiger partial charge in [0, 0.05) is 41.0 Å². The Morgan fingerprint density at radius 3 is 2.89 bits per heavy atom. The molecule has 1 aromatic heterocycles. The van der Waals surface area contributed by atoms with Crippen LogP contribution in [0.5, 0.6) is 0 Å². The minimum Gasteiger partial charge on any atom is -0.298 e. The maximum absolute atomic E-state index is 2.78. The lowest BCUT2D eigenvalue weighted by Crippen LogP contribution is -2.56. The van der Waals surface area contributed by atoms with Gasteiger partial charge in [0.15, 0.2) is 0 Å². The van der Waals surface area contributed by atoms with Crippen molar-refractivity contribution in [3.05, 3.63) is 21.9 Å². The van der Waals surface area contributed by atoms with Crippen LogP contribution < -0.4 is 0 Å². The summed E-state index contributed by atoms with van der Waals surface area (Å²) in [7, 11) is 0. The third kappa shape index (κ3) is 2.61. The standard InChI is InChI=1S/C16H26N2S/c1-4-14-10-17-9-5-6-15(17)11-18(14)13(3)16-8-7-12(2)19-16/h7-8,13-15H,4-6,9-11H2,1-3H3. The van der Waals surface area contributed by atoms with Gasteiger partial charge in [-0.3, -0.25) is 9.80 Å². The molecule has 3 heterocycles. The van der Waals surface area contributed by atoms with Crippen LogP contribution in [0.3, 0.4) is 0 Å². The van der Waals surface area contributed by atoms with E-state index in [4.69, 9.17) is 0 Å². The third-order valence-electron chi connectivity index (χ3n) is 4.98. The fourth-order valence-electron chi connectivity index (χ4n) is 3.79. The van der Waals surface area contributed by atoms with Gasteiger partial charge in [-0.2, -0.15) is 0 Å². The Morgan fingerprint density at radius 2 is 2.21 bits per heavy atom. The zero-order valence-electron chi connectivity index (χ0n) is 12.4. The van der Waals surface area contributed by atoms with E-state index in [1.54, 1.807) is 4.88 Å². The Kier molecular flexibility index (Phi) is 3.97. The summed E-state index contributed by atoms with van der Waals surface area (Å²) >= 11 is 1.97. The first-order valence-electron chi connectivity index (χ1n) is 7.75. The van der Waals surface area contributed by atoms with Crippen LogP contribution in [0.15, 0.2) is 12.1 Å². The average Bonchev–Trinajstić information content (AvgIpc) is 3.04. The normalized spacial score (nSPS) is 30.5. The highest BCUT2D eigenvalue weighted by Gasteiger charge is 2.37. The SMILES string of the molecule is CCC1CN2CCCC2CN1C(C)c1ccc(C)s1. The molecule has 3 atom stereocenters. The van der Waals surface area contributed by atoms with Crippen molar-refractivity contribution in [3.8, 4) is 0 Å². The summed E-state index contributed by atoms with van der Waals surface area (Å²) in [5, 5.41) is 0. The van der Waals surface area contributed by atoms with Crippen LogP contribution in [0.4, 0.5) is 0 Å². The number of fused-ring (bicyclic) bond motifs is 1. The number of hydrogen-bond donors (Lipinski definition) is 0. The summed E-state index contributed by atoms with van der Waals surface area (Å²) in [5.41, 5.74) is 0. The quantitative estimate of drug-likeness (QED) is 0.832. The third-order valence-corrected chi connectivity index (χ3v) is 6.15. The molecule has 2 saturated heterocycles. The molecule has 0 N–H and O–H groups in total. The summed E-state index contributed by atoms with van der Waals surface area (Å²) < 4.78 is 0. The van der Waals surface area contributed by atoms with Gasteiger partial charge in [-0.15, -0.1) is 11.3 Å². The highest BCUT2D eigenvalue weighted by Crippen LogP contribution is 2.34. The zero-order valence-corrected chi connectivity index (χ0v) is 13.2. The molecule has 0 amide bonds. The summed E-state index contributed by atoms with van der Waals surface area (Å²) in [4.78, 5) is 8.49. The van der Waals surface area contributed by atoms with Crippen molar-refractivity contribution in [1.29, 1.82) is 0 Å². The topological polar surface area (TPSA) is 6.48 Å². The predicted octanol–water partition coefficient (Wildman–Crippen LogP) is 3.68. The second-order valence-electron chi connectivity index (χ2n) is 6.17. The van der Waals surface area contributed by atoms with Crippen molar-refractivity contribution in [2.45, 2.75) is 58.2 Å². The number of thiophene rings is 1. The molecule has 3 heteroatoms. The molecule has 2 aliphatic rings. The van der Waals surface area contributed by atoms with Gasteiger partial charge in [-0.05, 0) is 51.8 Å². The fourth-order valence-corrected chi connectivity index (χ4v) is 4.74. The summed E-state index contributed by atoms with van der Waals surface area (Å²) in [6.07, 6.45) is 4.09. The minimum atomic E-state index is 0.589. The van der Waals surface area contributed by atoms with Gasteiger partial charge in [0.05, 0.1) is 0 Å². The molecule has 3 rings (SSSR count). The molecule has 2 fully saturated rings. The summed E-state index contributed by atoms with van der Waals surface area (Å²) in [5.74, 6) is 0. The van der Waals surface area contributed by atoms with Crippen LogP contribution in [-0.2, 0) is 0 Å². The highest BCUT2D eigenvalue weighted by molar-refractivity contribution is 7.12. The van der Waals surface area contributed by atoms with Crippen LogP contribution in [0.25, 0.3) is 0 Å². The molecule has 2 aliphatic heterocycles. The van der Waals surface area contributed by atoms with E-state index in [1.165, 1.54) is 43.8 Å². The largest absolute Gasteiger partial charge is 0.298 e. The Bertz CT molecular complexity index is 428. The van der Waals surface area contributed by atoms with E-state index in [9.17, 15) is 0 Å². The molecule has 1 aromatic rings. The molecular weight excluding hydrogens is 252 g/mol. The van der Waals surface area contributed by atoms with Crippen molar-refractivity contribution in [2.24, 2.45) is 0 Å². The monoisotopic (exact) mass is 278 g/mol. The Balaban J connectivity index is 1.77. The molecular formula is C16H26N2S. The first-order chi connectivity index (χ1) is 9.19. The highest BCUT2D eigenvalue weighted by atomic mass is 32.1. The Morgan fingerprint density at radius 1 is 1.37 bits per heavy atom. The van der Waals surface area contributed by atoms with Crippen molar-refractivity contribution in [3.63, 3.8) is 0 Å². The number of nitrogens with zero attached hydrogens (tertiary/aromatic N) is 2. The van der Waals surface area contributed by atoms with E-state index >= 15 is 0 Å². The molecule has 0 aromatic carbocycles. The minimum absolute atomic E-state index is 0.589. The van der Waals surface area contributed by atoms with Gasteiger partial charge in [0.1, 0.15) is 0 Å². The summed E-state index contributed by atoms with van der Waals surface area (Å²) in [6, 6.07) is 6.76. The average molecular weight is 278 g/mol. The van der Waals surface area contributed by atoms with Gasteiger partial charge < -0.3 is 0 Å². The Hall–Kier alpha value is -0.380. The van der Waals surface area contributed by atoms with Gasteiger partial charge in [-0.25, -0.2) is 0 Å². The van der Waals surface area contributed by atoms with Crippen LogP contribution in [0, 0.1) is 6.92 Å². The van der Waals surface area contributed by atoms with Crippen LogP contribution in [-0.4, -0.2) is 41.5 Å². The maximum Gasteiger partial charge on any atom is 0.0417 e. The van der Waals surface area contributed by atoms with Gasteiger partial charge >= 0.3 is 0 Å². The van der Waals surface area contributed by atoms with E-state index in [0.29, 0.717) is 6.04 Å². The van der Waals surface area contributed by atoms with Crippen molar-refractivity contribution in [1.82, 2.24) is 9.80 Å². The van der Waals surface area contributed by atoms with Crippen LogP contribution in [0.2, 0.25) is 0 Å². The number of aryl methyl sites for hydroxylation is 1.